The number of nitrogens with zero attached hydrogens (tertiary/aromatic N) is 2. The van der Waals surface area contributed by atoms with E-state index < -0.39 is 0 Å². The van der Waals surface area contributed by atoms with Gasteiger partial charge in [0.15, 0.2) is 11.2 Å². The van der Waals surface area contributed by atoms with E-state index in [0.717, 1.165) is 5.76 Å². The highest BCUT2D eigenvalue weighted by molar-refractivity contribution is 5.67. The largest absolute Gasteiger partial charge is 0.468 e. The molecule has 0 amide bonds. The molecular weight excluding hydrogens is 258 g/mol. The Hall–Kier alpha value is -2.34. The van der Waals surface area contributed by atoms with Gasteiger partial charge >= 0.3 is 5.76 Å². The summed E-state index contributed by atoms with van der Waals surface area (Å²) in [5, 5.41) is 3.29. The van der Waals surface area contributed by atoms with E-state index in [2.05, 4.69) is 10.3 Å². The topological polar surface area (TPSA) is 73.2 Å². The maximum absolute atomic E-state index is 11.8. The van der Waals surface area contributed by atoms with E-state index in [1.54, 1.807) is 24.6 Å². The molecule has 0 fully saturated rings. The van der Waals surface area contributed by atoms with Gasteiger partial charge in [-0.2, -0.15) is 0 Å². The zero-order chi connectivity index (χ0) is 13.9. The van der Waals surface area contributed by atoms with Gasteiger partial charge in [-0.05, 0) is 31.2 Å². The number of nitrogens with one attached hydrogen (secondary N) is 1. The summed E-state index contributed by atoms with van der Waals surface area (Å²) in [6.45, 7) is 3.12. The lowest BCUT2D eigenvalue weighted by molar-refractivity contribution is 0.418. The summed E-state index contributed by atoms with van der Waals surface area (Å²) in [5.41, 5.74) is 1.08. The van der Waals surface area contributed by atoms with Crippen molar-refractivity contribution in [2.24, 2.45) is 0 Å². The third kappa shape index (κ3) is 2.37. The smallest absolute Gasteiger partial charge is 0.421 e. The minimum Gasteiger partial charge on any atom is -0.468 e. The van der Waals surface area contributed by atoms with E-state index in [1.165, 1.54) is 4.57 Å². The second-order valence-electron chi connectivity index (χ2n) is 4.54. The molecule has 20 heavy (non-hydrogen) atoms. The summed E-state index contributed by atoms with van der Waals surface area (Å²) in [5.74, 6) is 0.485. The minimum absolute atomic E-state index is 0.0897. The number of pyridine rings is 1. The third-order valence-electron chi connectivity index (χ3n) is 3.18. The Balaban J connectivity index is 1.68. The Morgan fingerprint density at radius 2 is 2.30 bits per heavy atom. The average Bonchev–Trinajstić information content (AvgIpc) is 3.07. The first-order valence-corrected chi connectivity index (χ1v) is 6.47. The fourth-order valence-electron chi connectivity index (χ4n) is 2.13. The molecule has 0 aliphatic rings. The van der Waals surface area contributed by atoms with Gasteiger partial charge < -0.3 is 14.2 Å². The highest BCUT2D eigenvalue weighted by atomic mass is 16.4. The van der Waals surface area contributed by atoms with E-state index in [4.69, 9.17) is 8.83 Å². The first-order valence-electron chi connectivity index (χ1n) is 6.47. The summed E-state index contributed by atoms with van der Waals surface area (Å²) in [6, 6.07) is 7.34. The monoisotopic (exact) mass is 273 g/mol. The van der Waals surface area contributed by atoms with Crippen molar-refractivity contribution >= 4 is 11.2 Å². The van der Waals surface area contributed by atoms with E-state index in [-0.39, 0.29) is 11.8 Å². The van der Waals surface area contributed by atoms with Crippen LogP contribution >= 0.6 is 0 Å². The molecule has 104 valence electrons. The van der Waals surface area contributed by atoms with Crippen LogP contribution in [-0.4, -0.2) is 16.1 Å². The molecule has 3 aromatic rings. The number of hydrogen-bond acceptors (Lipinski definition) is 5. The van der Waals surface area contributed by atoms with Crippen LogP contribution in [0.25, 0.3) is 11.2 Å². The molecule has 1 unspecified atom stereocenters. The van der Waals surface area contributed by atoms with Crippen LogP contribution in [-0.2, 0) is 6.54 Å². The fourth-order valence-corrected chi connectivity index (χ4v) is 2.13. The molecule has 0 spiro atoms. The van der Waals surface area contributed by atoms with Gasteiger partial charge in [0, 0.05) is 19.3 Å². The summed E-state index contributed by atoms with van der Waals surface area (Å²) in [4.78, 5) is 15.9. The summed E-state index contributed by atoms with van der Waals surface area (Å²) < 4.78 is 12.0. The quantitative estimate of drug-likeness (QED) is 0.769. The van der Waals surface area contributed by atoms with Gasteiger partial charge in [-0.25, -0.2) is 9.78 Å². The van der Waals surface area contributed by atoms with E-state index in [1.807, 2.05) is 19.1 Å². The van der Waals surface area contributed by atoms with Gasteiger partial charge in [0.25, 0.3) is 0 Å². The number of aromatic nitrogens is 2. The molecule has 0 aliphatic carbocycles. The molecule has 1 N–H and O–H groups in total. The molecule has 0 bridgehead atoms. The van der Waals surface area contributed by atoms with Crippen molar-refractivity contribution in [3.05, 3.63) is 53.0 Å². The van der Waals surface area contributed by atoms with Crippen molar-refractivity contribution in [1.29, 1.82) is 0 Å². The van der Waals surface area contributed by atoms with E-state index in [0.29, 0.717) is 24.3 Å². The van der Waals surface area contributed by atoms with Crippen LogP contribution in [0.3, 0.4) is 0 Å². The summed E-state index contributed by atoms with van der Waals surface area (Å²) >= 11 is 0. The predicted molar refractivity (Wildman–Crippen MR) is 73.4 cm³/mol. The normalized spacial score (nSPS) is 12.8. The zero-order valence-electron chi connectivity index (χ0n) is 11.1. The molecule has 1 atom stereocenters. The van der Waals surface area contributed by atoms with Gasteiger partial charge in [-0.1, -0.05) is 0 Å². The highest BCUT2D eigenvalue weighted by Gasteiger charge is 2.11. The van der Waals surface area contributed by atoms with Crippen molar-refractivity contribution in [2.45, 2.75) is 19.5 Å². The number of furan rings is 1. The maximum Gasteiger partial charge on any atom is 0.421 e. The van der Waals surface area contributed by atoms with Crippen LogP contribution in [0.5, 0.6) is 0 Å². The number of oxazole rings is 1. The number of rotatable bonds is 5. The van der Waals surface area contributed by atoms with Crippen LogP contribution in [0.1, 0.15) is 18.7 Å². The zero-order valence-corrected chi connectivity index (χ0v) is 11.1. The third-order valence-corrected chi connectivity index (χ3v) is 3.18. The Bertz CT molecular complexity index is 742. The van der Waals surface area contributed by atoms with Gasteiger partial charge in [0.1, 0.15) is 5.76 Å². The Morgan fingerprint density at radius 3 is 3.10 bits per heavy atom. The molecular formula is C14H15N3O3. The molecule has 0 saturated heterocycles. The summed E-state index contributed by atoms with van der Waals surface area (Å²) in [7, 11) is 0. The lowest BCUT2D eigenvalue weighted by atomic mass is 10.2. The van der Waals surface area contributed by atoms with Crippen LogP contribution < -0.4 is 11.1 Å². The first-order chi connectivity index (χ1) is 9.75. The van der Waals surface area contributed by atoms with Crippen molar-refractivity contribution in [3.8, 4) is 0 Å². The van der Waals surface area contributed by atoms with Crippen LogP contribution in [0.4, 0.5) is 0 Å². The van der Waals surface area contributed by atoms with Gasteiger partial charge in [-0.3, -0.25) is 4.57 Å². The second kappa shape index (κ2) is 5.34. The maximum atomic E-state index is 11.8. The van der Waals surface area contributed by atoms with Crippen molar-refractivity contribution in [2.75, 3.05) is 6.54 Å². The van der Waals surface area contributed by atoms with E-state index >= 15 is 0 Å². The lowest BCUT2D eigenvalue weighted by Crippen LogP contribution is -2.26. The molecule has 0 saturated carbocycles. The Morgan fingerprint density at radius 1 is 1.40 bits per heavy atom. The van der Waals surface area contributed by atoms with E-state index in [9.17, 15) is 4.79 Å². The lowest BCUT2D eigenvalue weighted by Gasteiger charge is -2.10. The molecule has 6 nitrogen and oxygen atoms in total. The molecule has 0 aromatic carbocycles. The van der Waals surface area contributed by atoms with Crippen LogP contribution in [0.15, 0.2) is 50.4 Å². The van der Waals surface area contributed by atoms with Crippen molar-refractivity contribution in [3.63, 3.8) is 0 Å². The molecule has 0 radical (unpaired) electrons. The molecule has 3 aromatic heterocycles. The fraction of sp³-hybridized carbons (Fsp3) is 0.286. The molecule has 0 aliphatic heterocycles. The standard InChI is InChI=1S/C14H15N3O3/c1-10(11-5-3-9-19-11)15-7-8-17-13-12(20-14(17)18)4-2-6-16-13/h2-6,9-10,15H,7-8H2,1H3. The molecule has 3 rings (SSSR count). The SMILES string of the molecule is CC(NCCn1c(=O)oc2cccnc21)c1ccco1. The van der Waals surface area contributed by atoms with Crippen LogP contribution in [0, 0.1) is 0 Å². The highest BCUT2D eigenvalue weighted by Crippen LogP contribution is 2.12. The van der Waals surface area contributed by atoms with Gasteiger partial charge in [0.05, 0.1) is 12.3 Å². The molecule has 6 heteroatoms. The number of fused-ring (bicyclic) bond motifs is 1. The second-order valence-corrected chi connectivity index (χ2v) is 4.54. The minimum atomic E-state index is -0.383. The Kier molecular flexibility index (Phi) is 3.39. The Labute approximate surface area is 115 Å². The summed E-state index contributed by atoms with van der Waals surface area (Å²) in [6.07, 6.45) is 3.29. The van der Waals surface area contributed by atoms with Gasteiger partial charge in [0.2, 0.25) is 0 Å². The van der Waals surface area contributed by atoms with Crippen molar-refractivity contribution in [1.82, 2.24) is 14.9 Å². The molecule has 3 heterocycles. The number of hydrogen-bond donors (Lipinski definition) is 1. The predicted octanol–water partition coefficient (Wildman–Crippen LogP) is 1.93. The van der Waals surface area contributed by atoms with Crippen LogP contribution in [0.2, 0.25) is 0 Å². The first kappa shape index (κ1) is 12.7. The van der Waals surface area contributed by atoms with Crippen molar-refractivity contribution < 1.29 is 8.83 Å². The van der Waals surface area contributed by atoms with Gasteiger partial charge in [-0.15, -0.1) is 0 Å². The average molecular weight is 273 g/mol.